The Hall–Kier alpha value is 0. The van der Waals surface area contributed by atoms with Crippen LogP contribution in [0.25, 0.3) is 0 Å². The lowest BCUT2D eigenvalue weighted by atomic mass is 9.91. The minimum atomic E-state index is 1.05. The molecule has 0 N–H and O–H groups in total. The van der Waals surface area contributed by atoms with Crippen LogP contribution in [0, 0.1) is 23.7 Å². The van der Waals surface area contributed by atoms with Crippen LogP contribution < -0.4 is 0 Å². The Morgan fingerprint density at radius 1 is 1.11 bits per heavy atom. The fourth-order valence-electron chi connectivity index (χ4n) is 2.84. The Bertz CT molecular complexity index is 111. The van der Waals surface area contributed by atoms with Crippen LogP contribution in [0.1, 0.15) is 33.1 Å². The lowest BCUT2D eigenvalue weighted by molar-refractivity contribution is 0.360. The number of rotatable bonds is 0. The Kier molecular flexibility index (Phi) is 1.12. The third-order valence-electron chi connectivity index (χ3n) is 3.49. The van der Waals surface area contributed by atoms with Crippen molar-refractivity contribution in [2.24, 2.45) is 23.7 Å². The molecule has 0 aliphatic heterocycles. The van der Waals surface area contributed by atoms with Gasteiger partial charge in [-0.25, -0.2) is 0 Å². The SMILES string of the molecule is CC1CCCC2C(C)C12. The van der Waals surface area contributed by atoms with Gasteiger partial charge in [-0.3, -0.25) is 0 Å². The molecule has 2 aliphatic rings. The normalized spacial score (nSPS) is 56.7. The van der Waals surface area contributed by atoms with Gasteiger partial charge >= 0.3 is 0 Å². The monoisotopic (exact) mass is 124 g/mol. The van der Waals surface area contributed by atoms with Crippen LogP contribution in [0.3, 0.4) is 0 Å². The Morgan fingerprint density at radius 2 is 1.89 bits per heavy atom. The summed E-state index contributed by atoms with van der Waals surface area (Å²) in [4.78, 5) is 0. The molecule has 2 rings (SSSR count). The van der Waals surface area contributed by atoms with Gasteiger partial charge in [-0.15, -0.1) is 0 Å². The van der Waals surface area contributed by atoms with Gasteiger partial charge in [-0.2, -0.15) is 0 Å². The van der Waals surface area contributed by atoms with Crippen LogP contribution in [0.2, 0.25) is 0 Å². The molecule has 0 radical (unpaired) electrons. The minimum absolute atomic E-state index is 1.05. The molecule has 0 aromatic carbocycles. The fraction of sp³-hybridized carbons (Fsp3) is 1.00. The van der Waals surface area contributed by atoms with Crippen LogP contribution in [-0.2, 0) is 0 Å². The average molecular weight is 124 g/mol. The van der Waals surface area contributed by atoms with Gasteiger partial charge in [-0.1, -0.05) is 26.7 Å². The van der Waals surface area contributed by atoms with Crippen molar-refractivity contribution >= 4 is 0 Å². The number of fused-ring (bicyclic) bond motifs is 1. The van der Waals surface area contributed by atoms with Crippen LogP contribution in [0.4, 0.5) is 0 Å². The second-order valence-corrected chi connectivity index (χ2v) is 4.01. The Balaban J connectivity index is 2.02. The maximum Gasteiger partial charge on any atom is -0.0329 e. The minimum Gasteiger partial charge on any atom is -0.0622 e. The molecule has 0 aromatic rings. The second kappa shape index (κ2) is 1.74. The van der Waals surface area contributed by atoms with Crippen molar-refractivity contribution in [2.45, 2.75) is 33.1 Å². The summed E-state index contributed by atoms with van der Waals surface area (Å²) in [6.07, 6.45) is 4.55. The molecular formula is C9H16. The maximum atomic E-state index is 2.43. The molecule has 0 nitrogen and oxygen atoms in total. The average Bonchev–Trinajstić information content (AvgIpc) is 2.45. The summed E-state index contributed by atoms with van der Waals surface area (Å²) in [5.41, 5.74) is 0. The summed E-state index contributed by atoms with van der Waals surface area (Å²) in [7, 11) is 0. The zero-order valence-electron chi connectivity index (χ0n) is 6.43. The van der Waals surface area contributed by atoms with E-state index < -0.39 is 0 Å². The van der Waals surface area contributed by atoms with Gasteiger partial charge in [0.15, 0.2) is 0 Å². The molecule has 0 saturated heterocycles. The fourth-order valence-corrected chi connectivity index (χ4v) is 2.84. The highest BCUT2D eigenvalue weighted by Crippen LogP contribution is 2.57. The maximum absolute atomic E-state index is 2.43. The number of hydrogen-bond donors (Lipinski definition) is 0. The molecule has 0 aromatic heterocycles. The van der Waals surface area contributed by atoms with E-state index >= 15 is 0 Å². The highest BCUT2D eigenvalue weighted by Gasteiger charge is 2.50. The van der Waals surface area contributed by atoms with Gasteiger partial charge in [0.2, 0.25) is 0 Å². The summed E-state index contributed by atoms with van der Waals surface area (Å²) in [6, 6.07) is 0. The summed E-state index contributed by atoms with van der Waals surface area (Å²) in [5.74, 6) is 4.42. The van der Waals surface area contributed by atoms with Crippen LogP contribution in [0.15, 0.2) is 0 Å². The van der Waals surface area contributed by atoms with Crippen LogP contribution >= 0.6 is 0 Å². The molecule has 4 atom stereocenters. The van der Waals surface area contributed by atoms with E-state index in [0.29, 0.717) is 0 Å². The van der Waals surface area contributed by atoms with Crippen molar-refractivity contribution in [3.63, 3.8) is 0 Å². The topological polar surface area (TPSA) is 0 Å². The largest absolute Gasteiger partial charge is 0.0622 e. The molecule has 2 saturated carbocycles. The summed E-state index contributed by atoms with van der Waals surface area (Å²) < 4.78 is 0. The molecule has 0 amide bonds. The third kappa shape index (κ3) is 0.720. The van der Waals surface area contributed by atoms with Gasteiger partial charge in [0.05, 0.1) is 0 Å². The van der Waals surface area contributed by atoms with E-state index in [2.05, 4.69) is 13.8 Å². The first-order valence-electron chi connectivity index (χ1n) is 4.30. The molecule has 52 valence electrons. The van der Waals surface area contributed by atoms with Crippen molar-refractivity contribution in [2.75, 3.05) is 0 Å². The Labute approximate surface area is 57.6 Å². The van der Waals surface area contributed by atoms with Crippen molar-refractivity contribution in [1.29, 1.82) is 0 Å². The molecule has 2 aliphatic carbocycles. The molecule has 0 spiro atoms. The standard InChI is InChI=1S/C9H16/c1-6-4-3-5-8-7(2)9(6)8/h6-9H,3-5H2,1-2H3. The Morgan fingerprint density at radius 3 is 2.44 bits per heavy atom. The first-order valence-corrected chi connectivity index (χ1v) is 4.30. The smallest absolute Gasteiger partial charge is 0.0329 e. The lowest BCUT2D eigenvalue weighted by Crippen LogP contribution is -2.04. The van der Waals surface area contributed by atoms with Gasteiger partial charge < -0.3 is 0 Å². The first-order chi connectivity index (χ1) is 4.30. The third-order valence-corrected chi connectivity index (χ3v) is 3.49. The first kappa shape index (κ1) is 5.76. The van der Waals surface area contributed by atoms with Gasteiger partial charge in [0, 0.05) is 0 Å². The predicted octanol–water partition coefficient (Wildman–Crippen LogP) is 2.69. The van der Waals surface area contributed by atoms with E-state index in [1.165, 1.54) is 19.3 Å². The van der Waals surface area contributed by atoms with E-state index in [9.17, 15) is 0 Å². The van der Waals surface area contributed by atoms with E-state index in [-0.39, 0.29) is 0 Å². The zero-order chi connectivity index (χ0) is 6.43. The lowest BCUT2D eigenvalue weighted by Gasteiger charge is -2.15. The molecule has 0 heteroatoms. The molecule has 9 heavy (non-hydrogen) atoms. The summed E-state index contributed by atoms with van der Waals surface area (Å²) in [5, 5.41) is 0. The van der Waals surface area contributed by atoms with E-state index in [4.69, 9.17) is 0 Å². The molecular weight excluding hydrogens is 108 g/mol. The number of hydrogen-bond acceptors (Lipinski definition) is 0. The highest BCUT2D eigenvalue weighted by atomic mass is 14.6. The van der Waals surface area contributed by atoms with Crippen LogP contribution in [-0.4, -0.2) is 0 Å². The summed E-state index contributed by atoms with van der Waals surface area (Å²) in [6.45, 7) is 4.86. The summed E-state index contributed by atoms with van der Waals surface area (Å²) >= 11 is 0. The van der Waals surface area contributed by atoms with Gasteiger partial charge in [0.1, 0.15) is 0 Å². The zero-order valence-corrected chi connectivity index (χ0v) is 6.43. The van der Waals surface area contributed by atoms with E-state index in [1.807, 2.05) is 0 Å². The second-order valence-electron chi connectivity index (χ2n) is 4.01. The van der Waals surface area contributed by atoms with Crippen molar-refractivity contribution < 1.29 is 0 Å². The molecule has 4 unspecified atom stereocenters. The van der Waals surface area contributed by atoms with E-state index in [0.717, 1.165) is 23.7 Å². The van der Waals surface area contributed by atoms with E-state index in [1.54, 1.807) is 0 Å². The van der Waals surface area contributed by atoms with Gasteiger partial charge in [0.25, 0.3) is 0 Å². The van der Waals surface area contributed by atoms with Crippen molar-refractivity contribution in [3.8, 4) is 0 Å². The predicted molar refractivity (Wildman–Crippen MR) is 39.2 cm³/mol. The van der Waals surface area contributed by atoms with Gasteiger partial charge in [-0.05, 0) is 30.1 Å². The molecule has 2 fully saturated rings. The quantitative estimate of drug-likeness (QED) is 0.465. The highest BCUT2D eigenvalue weighted by molar-refractivity contribution is 4.99. The van der Waals surface area contributed by atoms with Crippen molar-refractivity contribution in [3.05, 3.63) is 0 Å². The van der Waals surface area contributed by atoms with Crippen LogP contribution in [0.5, 0.6) is 0 Å². The van der Waals surface area contributed by atoms with Crippen molar-refractivity contribution in [1.82, 2.24) is 0 Å². The molecule has 0 heterocycles. The molecule has 0 bridgehead atoms.